The van der Waals surface area contributed by atoms with Crippen LogP contribution in [0.4, 0.5) is 0 Å². The van der Waals surface area contributed by atoms with Crippen molar-refractivity contribution >= 4 is 36.6 Å². The molecule has 0 unspecified atom stereocenters. The molecule has 166 valence electrons. The van der Waals surface area contributed by atoms with Gasteiger partial charge in [-0.25, -0.2) is 0 Å². The van der Waals surface area contributed by atoms with E-state index in [-0.39, 0.29) is 54.6 Å². The lowest BCUT2D eigenvalue weighted by Crippen LogP contribution is -2.57. The zero-order valence-corrected chi connectivity index (χ0v) is 19.0. The Morgan fingerprint density at radius 3 is 2.21 bits per heavy atom. The number of carbonyl (C=O) groups excluding carboxylic acids is 2. The number of halogens is 2. The van der Waals surface area contributed by atoms with Crippen LogP contribution < -0.4 is 16.4 Å². The predicted molar refractivity (Wildman–Crippen MR) is 116 cm³/mol. The molecule has 9 heteroatoms. The van der Waals surface area contributed by atoms with E-state index in [0.29, 0.717) is 12.6 Å². The molecule has 1 aliphatic heterocycles. The fourth-order valence-corrected chi connectivity index (χ4v) is 4.12. The van der Waals surface area contributed by atoms with Gasteiger partial charge in [-0.05, 0) is 31.6 Å². The van der Waals surface area contributed by atoms with Crippen molar-refractivity contribution in [2.45, 2.75) is 70.1 Å². The summed E-state index contributed by atoms with van der Waals surface area (Å²) in [5, 5.41) is 5.68. The van der Waals surface area contributed by atoms with Crippen molar-refractivity contribution in [1.82, 2.24) is 15.5 Å². The zero-order valence-electron chi connectivity index (χ0n) is 17.4. The highest BCUT2D eigenvalue weighted by Crippen LogP contribution is 2.36. The van der Waals surface area contributed by atoms with Gasteiger partial charge >= 0.3 is 0 Å². The van der Waals surface area contributed by atoms with E-state index in [2.05, 4.69) is 15.5 Å². The summed E-state index contributed by atoms with van der Waals surface area (Å²) < 4.78 is 5.48. The number of nitrogens with zero attached hydrogens (tertiary/aromatic N) is 1. The van der Waals surface area contributed by atoms with Crippen molar-refractivity contribution in [1.29, 1.82) is 0 Å². The van der Waals surface area contributed by atoms with Gasteiger partial charge in [-0.15, -0.1) is 24.8 Å². The number of carbonyl (C=O) groups is 2. The van der Waals surface area contributed by atoms with E-state index in [0.717, 1.165) is 38.8 Å². The number of likely N-dealkylation sites (tertiary alicyclic amines) is 1. The maximum absolute atomic E-state index is 12.2. The van der Waals surface area contributed by atoms with Crippen LogP contribution in [0.15, 0.2) is 0 Å². The first-order valence-electron chi connectivity index (χ1n) is 9.96. The minimum atomic E-state index is -0.578. The van der Waals surface area contributed by atoms with E-state index >= 15 is 0 Å². The van der Waals surface area contributed by atoms with Crippen LogP contribution in [0.25, 0.3) is 0 Å². The summed E-state index contributed by atoms with van der Waals surface area (Å²) in [5.74, 6) is -0.366. The molecule has 1 heterocycles. The molecule has 4 N–H and O–H groups in total. The highest BCUT2D eigenvalue weighted by atomic mass is 35.5. The Labute approximate surface area is 181 Å². The van der Waals surface area contributed by atoms with Crippen molar-refractivity contribution in [3.63, 3.8) is 0 Å². The summed E-state index contributed by atoms with van der Waals surface area (Å²) in [6.45, 7) is 6.46. The number of piperidine rings is 1. The Balaban J connectivity index is 0.00000364. The lowest BCUT2D eigenvalue weighted by molar-refractivity contribution is -0.127. The van der Waals surface area contributed by atoms with E-state index in [9.17, 15) is 9.59 Å². The van der Waals surface area contributed by atoms with Crippen LogP contribution in [0, 0.1) is 5.92 Å². The molecule has 0 aromatic heterocycles. The first-order valence-corrected chi connectivity index (χ1v) is 9.96. The molecule has 2 aliphatic rings. The third kappa shape index (κ3) is 7.34. The third-order valence-electron chi connectivity index (χ3n) is 6.04. The van der Waals surface area contributed by atoms with E-state index in [1.807, 2.05) is 13.8 Å². The van der Waals surface area contributed by atoms with Gasteiger partial charge in [0.2, 0.25) is 11.8 Å². The van der Waals surface area contributed by atoms with Crippen LogP contribution in [0.2, 0.25) is 0 Å². The number of nitrogens with two attached hydrogens (primary N) is 1. The largest absolute Gasteiger partial charge is 0.381 e. The molecule has 0 aromatic carbocycles. The second-order valence-corrected chi connectivity index (χ2v) is 8.12. The molecular weight excluding hydrogens is 403 g/mol. The summed E-state index contributed by atoms with van der Waals surface area (Å²) in [5.41, 5.74) is 5.86. The highest BCUT2D eigenvalue weighted by molar-refractivity contribution is 5.87. The molecular formula is C19H38Cl2N4O3. The van der Waals surface area contributed by atoms with Gasteiger partial charge in [0.05, 0.1) is 18.7 Å². The zero-order chi connectivity index (χ0) is 19.2. The molecule has 1 atom stereocenters. The quantitative estimate of drug-likeness (QED) is 0.530. The Hall–Kier alpha value is -0.600. The van der Waals surface area contributed by atoms with Gasteiger partial charge in [-0.3, -0.25) is 14.5 Å². The van der Waals surface area contributed by atoms with Crippen molar-refractivity contribution in [3.8, 4) is 0 Å². The second kappa shape index (κ2) is 12.9. The number of amides is 2. The average molecular weight is 441 g/mol. The molecule has 1 saturated heterocycles. The third-order valence-corrected chi connectivity index (χ3v) is 6.04. The lowest BCUT2D eigenvalue weighted by Gasteiger charge is -2.45. The molecule has 28 heavy (non-hydrogen) atoms. The van der Waals surface area contributed by atoms with Crippen LogP contribution >= 0.6 is 24.8 Å². The highest BCUT2D eigenvalue weighted by Gasteiger charge is 2.41. The van der Waals surface area contributed by atoms with Crippen molar-refractivity contribution in [2.24, 2.45) is 11.7 Å². The number of hydrogen-bond acceptors (Lipinski definition) is 5. The van der Waals surface area contributed by atoms with Crippen LogP contribution in [-0.2, 0) is 14.3 Å². The van der Waals surface area contributed by atoms with Crippen LogP contribution in [0.1, 0.15) is 52.4 Å². The predicted octanol–water partition coefficient (Wildman–Crippen LogP) is 1.47. The molecule has 0 bridgehead atoms. The molecule has 7 nitrogen and oxygen atoms in total. The molecule has 0 radical (unpaired) electrons. The standard InChI is InChI=1S/C19H36N4O3.2ClH/c1-14(2)17(20)18(25)21-12-16(24)22-13-19(8-4-5-9-19)23-10-6-15(26-3)7-11-23;;/h14-15,17H,4-13,20H2,1-3H3,(H,21,25)(H,22,24);2*1H/t17-;;/m0../s1. The fraction of sp³-hybridized carbons (Fsp3) is 0.895. The van der Waals surface area contributed by atoms with Gasteiger partial charge in [0, 0.05) is 32.3 Å². The Morgan fingerprint density at radius 2 is 1.71 bits per heavy atom. The maximum atomic E-state index is 12.2. The number of hydrogen-bond donors (Lipinski definition) is 3. The molecule has 0 spiro atoms. The van der Waals surface area contributed by atoms with Gasteiger partial charge < -0.3 is 21.1 Å². The minimum Gasteiger partial charge on any atom is -0.381 e. The van der Waals surface area contributed by atoms with Gasteiger partial charge in [0.1, 0.15) is 0 Å². The summed E-state index contributed by atoms with van der Waals surface area (Å²) in [7, 11) is 1.78. The van der Waals surface area contributed by atoms with Gasteiger partial charge in [0.15, 0.2) is 0 Å². The molecule has 1 saturated carbocycles. The Bertz CT molecular complexity index is 480. The molecule has 1 aliphatic carbocycles. The van der Waals surface area contributed by atoms with E-state index in [1.165, 1.54) is 12.8 Å². The average Bonchev–Trinajstić information content (AvgIpc) is 3.14. The SMILES string of the molecule is COC1CCN(C2(CNC(=O)CNC(=O)[C@@H](N)C(C)C)CCCC2)CC1.Cl.Cl. The van der Waals surface area contributed by atoms with Gasteiger partial charge in [-0.2, -0.15) is 0 Å². The topological polar surface area (TPSA) is 96.7 Å². The minimum absolute atomic E-state index is 0. The number of methoxy groups -OCH3 is 1. The molecule has 0 aromatic rings. The summed E-state index contributed by atoms with van der Waals surface area (Å²) in [4.78, 5) is 26.6. The van der Waals surface area contributed by atoms with Crippen LogP contribution in [0.5, 0.6) is 0 Å². The van der Waals surface area contributed by atoms with Gasteiger partial charge in [-0.1, -0.05) is 26.7 Å². The first-order chi connectivity index (χ1) is 12.4. The molecule has 2 fully saturated rings. The van der Waals surface area contributed by atoms with Crippen LogP contribution in [0.3, 0.4) is 0 Å². The Kier molecular flexibility index (Phi) is 12.6. The molecule has 2 rings (SSSR count). The summed E-state index contributed by atoms with van der Waals surface area (Å²) >= 11 is 0. The number of rotatable bonds is 8. The monoisotopic (exact) mass is 440 g/mol. The van der Waals surface area contributed by atoms with E-state index in [1.54, 1.807) is 7.11 Å². The molecule has 2 amide bonds. The number of nitrogens with one attached hydrogen (secondary N) is 2. The normalized spacial score (nSPS) is 20.8. The fourth-order valence-electron chi connectivity index (χ4n) is 4.12. The van der Waals surface area contributed by atoms with E-state index in [4.69, 9.17) is 10.5 Å². The van der Waals surface area contributed by atoms with Crippen molar-refractivity contribution < 1.29 is 14.3 Å². The first kappa shape index (κ1) is 27.4. The smallest absolute Gasteiger partial charge is 0.239 e. The van der Waals surface area contributed by atoms with Gasteiger partial charge in [0.25, 0.3) is 0 Å². The van der Waals surface area contributed by atoms with Crippen molar-refractivity contribution in [2.75, 3.05) is 33.3 Å². The summed E-state index contributed by atoms with van der Waals surface area (Å²) in [6.07, 6.45) is 7.12. The maximum Gasteiger partial charge on any atom is 0.239 e. The lowest BCUT2D eigenvalue weighted by atomic mass is 9.91. The summed E-state index contributed by atoms with van der Waals surface area (Å²) in [6, 6.07) is -0.578. The van der Waals surface area contributed by atoms with Crippen LogP contribution in [-0.4, -0.2) is 67.7 Å². The van der Waals surface area contributed by atoms with E-state index < -0.39 is 6.04 Å². The Morgan fingerprint density at radius 1 is 1.14 bits per heavy atom. The van der Waals surface area contributed by atoms with Crippen molar-refractivity contribution in [3.05, 3.63) is 0 Å². The second-order valence-electron chi connectivity index (χ2n) is 8.12. The number of ether oxygens (including phenoxy) is 1.